The van der Waals surface area contributed by atoms with Crippen molar-refractivity contribution in [1.29, 1.82) is 0 Å². The molecular weight excluding hydrogens is 128 g/mol. The van der Waals surface area contributed by atoms with Crippen molar-refractivity contribution in [3.8, 4) is 0 Å². The van der Waals surface area contributed by atoms with E-state index in [4.69, 9.17) is 10.8 Å². The second-order valence-electron chi connectivity index (χ2n) is 2.79. The van der Waals surface area contributed by atoms with Crippen LogP contribution in [0.1, 0.15) is 12.8 Å². The molecule has 1 saturated heterocycles. The highest BCUT2D eigenvalue weighted by molar-refractivity contribution is 4.78. The van der Waals surface area contributed by atoms with E-state index in [-0.39, 0.29) is 6.61 Å². The van der Waals surface area contributed by atoms with E-state index in [1.807, 2.05) is 0 Å². The molecule has 3 nitrogen and oxygen atoms in total. The van der Waals surface area contributed by atoms with Crippen LogP contribution in [-0.4, -0.2) is 42.3 Å². The fourth-order valence-corrected chi connectivity index (χ4v) is 1.58. The number of rotatable bonds is 3. The van der Waals surface area contributed by atoms with Gasteiger partial charge in [-0.3, -0.25) is 4.90 Å². The van der Waals surface area contributed by atoms with Crippen molar-refractivity contribution >= 4 is 0 Å². The quantitative estimate of drug-likeness (QED) is 0.556. The molecule has 0 amide bonds. The smallest absolute Gasteiger partial charge is 0.0558 e. The minimum Gasteiger partial charge on any atom is -0.395 e. The summed E-state index contributed by atoms with van der Waals surface area (Å²) in [7, 11) is 0. The Labute approximate surface area is 61.8 Å². The first kappa shape index (κ1) is 7.98. The van der Waals surface area contributed by atoms with Crippen LogP contribution >= 0.6 is 0 Å². The van der Waals surface area contributed by atoms with Crippen LogP contribution in [0.25, 0.3) is 0 Å². The summed E-state index contributed by atoms with van der Waals surface area (Å²) in [6.45, 7) is 2.90. The predicted octanol–water partition coefficient (Wildman–Crippen LogP) is -0.598. The molecule has 1 aliphatic rings. The zero-order valence-electron chi connectivity index (χ0n) is 6.29. The molecule has 1 atom stereocenters. The number of likely N-dealkylation sites (tertiary alicyclic amines) is 1. The van der Waals surface area contributed by atoms with Crippen LogP contribution in [0.3, 0.4) is 0 Å². The van der Waals surface area contributed by atoms with E-state index in [1.165, 1.54) is 12.8 Å². The van der Waals surface area contributed by atoms with Crippen LogP contribution in [-0.2, 0) is 0 Å². The molecule has 0 aromatic rings. The molecule has 1 rings (SSSR count). The maximum Gasteiger partial charge on any atom is 0.0558 e. The molecule has 0 unspecified atom stereocenters. The van der Waals surface area contributed by atoms with E-state index in [0.29, 0.717) is 6.04 Å². The molecule has 0 spiro atoms. The molecular formula is C7H16N2O. The first-order valence-corrected chi connectivity index (χ1v) is 3.93. The minimum atomic E-state index is 0.260. The molecule has 0 bridgehead atoms. The molecule has 0 aromatic carbocycles. The van der Waals surface area contributed by atoms with Gasteiger partial charge in [0.1, 0.15) is 0 Å². The van der Waals surface area contributed by atoms with Crippen molar-refractivity contribution < 1.29 is 5.11 Å². The summed E-state index contributed by atoms with van der Waals surface area (Å²) < 4.78 is 0. The van der Waals surface area contributed by atoms with E-state index >= 15 is 0 Å². The van der Waals surface area contributed by atoms with E-state index in [2.05, 4.69) is 4.90 Å². The van der Waals surface area contributed by atoms with E-state index in [1.54, 1.807) is 0 Å². The molecule has 0 aliphatic carbocycles. The van der Waals surface area contributed by atoms with Crippen molar-refractivity contribution in [3.63, 3.8) is 0 Å². The summed E-state index contributed by atoms with van der Waals surface area (Å²) in [6.07, 6.45) is 2.44. The van der Waals surface area contributed by atoms with Gasteiger partial charge in [0.2, 0.25) is 0 Å². The molecule has 60 valence electrons. The van der Waals surface area contributed by atoms with Gasteiger partial charge in [-0.05, 0) is 19.4 Å². The molecule has 1 heterocycles. The Morgan fingerprint density at radius 2 is 2.40 bits per heavy atom. The summed E-state index contributed by atoms with van der Waals surface area (Å²) >= 11 is 0. The van der Waals surface area contributed by atoms with Crippen LogP contribution in [0, 0.1) is 0 Å². The lowest BCUT2D eigenvalue weighted by molar-refractivity contribution is 0.187. The zero-order chi connectivity index (χ0) is 7.40. The highest BCUT2D eigenvalue weighted by Crippen LogP contribution is 2.14. The summed E-state index contributed by atoms with van der Waals surface area (Å²) in [5.74, 6) is 0. The number of aliphatic hydroxyl groups is 1. The molecule has 0 aromatic heterocycles. The molecule has 3 heteroatoms. The summed E-state index contributed by atoms with van der Waals surface area (Å²) in [5, 5.41) is 8.66. The standard InChI is InChI=1S/C7H16N2O/c8-6-7-2-1-3-9(7)4-5-10/h7,10H,1-6,8H2/t7-/m0/s1. The third kappa shape index (κ3) is 1.68. The maximum absolute atomic E-state index is 8.66. The first-order valence-electron chi connectivity index (χ1n) is 3.93. The first-order chi connectivity index (χ1) is 4.88. The third-order valence-electron chi connectivity index (χ3n) is 2.16. The van der Waals surface area contributed by atoms with Gasteiger partial charge in [0.05, 0.1) is 6.61 Å². The van der Waals surface area contributed by atoms with Crippen LogP contribution in [0.5, 0.6) is 0 Å². The summed E-state index contributed by atoms with van der Waals surface area (Å²) in [5.41, 5.74) is 5.53. The lowest BCUT2D eigenvalue weighted by Crippen LogP contribution is -2.37. The second kappa shape index (κ2) is 3.91. The summed E-state index contributed by atoms with van der Waals surface area (Å²) in [6, 6.07) is 0.534. The number of hydrogen-bond donors (Lipinski definition) is 2. The predicted molar refractivity (Wildman–Crippen MR) is 40.7 cm³/mol. The van der Waals surface area contributed by atoms with Crippen LogP contribution in [0.4, 0.5) is 0 Å². The van der Waals surface area contributed by atoms with Crippen molar-refractivity contribution in [2.24, 2.45) is 5.73 Å². The third-order valence-corrected chi connectivity index (χ3v) is 2.16. The van der Waals surface area contributed by atoms with Gasteiger partial charge < -0.3 is 10.8 Å². The molecule has 0 saturated carbocycles. The van der Waals surface area contributed by atoms with Crippen LogP contribution < -0.4 is 5.73 Å². The average Bonchev–Trinajstić information content (AvgIpc) is 2.36. The molecule has 0 radical (unpaired) electrons. The van der Waals surface area contributed by atoms with Gasteiger partial charge in [0, 0.05) is 19.1 Å². The van der Waals surface area contributed by atoms with Crippen LogP contribution in [0.15, 0.2) is 0 Å². The molecule has 3 N–H and O–H groups in total. The Morgan fingerprint density at radius 3 is 3.00 bits per heavy atom. The Balaban J connectivity index is 2.27. The highest BCUT2D eigenvalue weighted by Gasteiger charge is 2.21. The lowest BCUT2D eigenvalue weighted by atomic mass is 10.2. The Bertz CT molecular complexity index is 97.6. The zero-order valence-corrected chi connectivity index (χ0v) is 6.29. The van der Waals surface area contributed by atoms with Gasteiger partial charge in [-0.25, -0.2) is 0 Å². The number of nitrogens with two attached hydrogens (primary N) is 1. The number of β-amino-alcohol motifs (C(OH)–C–C–N with tert-alkyl or cyclic N) is 1. The van der Waals surface area contributed by atoms with Crippen molar-refractivity contribution in [1.82, 2.24) is 4.90 Å². The Morgan fingerprint density at radius 1 is 1.60 bits per heavy atom. The topological polar surface area (TPSA) is 49.5 Å². The second-order valence-corrected chi connectivity index (χ2v) is 2.79. The number of nitrogens with zero attached hydrogens (tertiary/aromatic N) is 1. The Kier molecular flexibility index (Phi) is 3.12. The van der Waals surface area contributed by atoms with Gasteiger partial charge in [0.25, 0.3) is 0 Å². The van der Waals surface area contributed by atoms with Gasteiger partial charge in [0.15, 0.2) is 0 Å². The van der Waals surface area contributed by atoms with E-state index in [0.717, 1.165) is 19.6 Å². The van der Waals surface area contributed by atoms with Crippen molar-refractivity contribution in [2.45, 2.75) is 18.9 Å². The largest absolute Gasteiger partial charge is 0.395 e. The van der Waals surface area contributed by atoms with Gasteiger partial charge in [-0.2, -0.15) is 0 Å². The monoisotopic (exact) mass is 144 g/mol. The van der Waals surface area contributed by atoms with Gasteiger partial charge >= 0.3 is 0 Å². The molecule has 10 heavy (non-hydrogen) atoms. The average molecular weight is 144 g/mol. The number of hydrogen-bond acceptors (Lipinski definition) is 3. The van der Waals surface area contributed by atoms with Crippen molar-refractivity contribution in [2.75, 3.05) is 26.2 Å². The maximum atomic E-state index is 8.66. The van der Waals surface area contributed by atoms with Gasteiger partial charge in [-0.15, -0.1) is 0 Å². The molecule has 1 aliphatic heterocycles. The fraction of sp³-hybridized carbons (Fsp3) is 1.00. The van der Waals surface area contributed by atoms with Crippen molar-refractivity contribution in [3.05, 3.63) is 0 Å². The molecule has 1 fully saturated rings. The fourth-order valence-electron chi connectivity index (χ4n) is 1.58. The van der Waals surface area contributed by atoms with E-state index < -0.39 is 0 Å². The SMILES string of the molecule is NC[C@@H]1CCCN1CCO. The normalized spacial score (nSPS) is 27.6. The van der Waals surface area contributed by atoms with Gasteiger partial charge in [-0.1, -0.05) is 0 Å². The number of aliphatic hydroxyl groups excluding tert-OH is 1. The highest BCUT2D eigenvalue weighted by atomic mass is 16.3. The van der Waals surface area contributed by atoms with Crippen LogP contribution in [0.2, 0.25) is 0 Å². The van der Waals surface area contributed by atoms with E-state index in [9.17, 15) is 0 Å². The minimum absolute atomic E-state index is 0.260. The lowest BCUT2D eigenvalue weighted by Gasteiger charge is -2.21. The summed E-state index contributed by atoms with van der Waals surface area (Å²) in [4.78, 5) is 2.26. The Hall–Kier alpha value is -0.120.